The molecule has 1 fully saturated rings. The molecule has 0 radical (unpaired) electrons. The summed E-state index contributed by atoms with van der Waals surface area (Å²) in [5.41, 5.74) is 7.53. The lowest BCUT2D eigenvalue weighted by atomic mass is 10.1. The van der Waals surface area contributed by atoms with Crippen molar-refractivity contribution in [1.29, 1.82) is 0 Å². The maximum atomic E-state index is 12.1. The zero-order valence-electron chi connectivity index (χ0n) is 14.3. The van der Waals surface area contributed by atoms with E-state index in [0.717, 1.165) is 18.4 Å². The molecule has 3 N–H and O–H groups in total. The SMILES string of the molecule is NC(=NCc1cccc(COCC(F)(F)F)c1)NC1CCCCCC1. The molecule has 0 heterocycles. The Labute approximate surface area is 146 Å². The van der Waals surface area contributed by atoms with Crippen molar-refractivity contribution in [3.05, 3.63) is 35.4 Å². The molecule has 4 nitrogen and oxygen atoms in total. The van der Waals surface area contributed by atoms with Crippen molar-refractivity contribution >= 4 is 5.96 Å². The van der Waals surface area contributed by atoms with Crippen molar-refractivity contribution in [3.8, 4) is 0 Å². The van der Waals surface area contributed by atoms with Crippen LogP contribution < -0.4 is 11.1 Å². The van der Waals surface area contributed by atoms with Crippen LogP contribution in [0.5, 0.6) is 0 Å². The van der Waals surface area contributed by atoms with Gasteiger partial charge in [-0.25, -0.2) is 4.99 Å². The Balaban J connectivity index is 1.81. The lowest BCUT2D eigenvalue weighted by Crippen LogP contribution is -2.39. The molecule has 1 aliphatic carbocycles. The normalized spacial score (nSPS) is 17.3. The maximum Gasteiger partial charge on any atom is 0.411 e. The van der Waals surface area contributed by atoms with Crippen LogP contribution in [0.2, 0.25) is 0 Å². The van der Waals surface area contributed by atoms with Crippen molar-refractivity contribution in [1.82, 2.24) is 5.32 Å². The van der Waals surface area contributed by atoms with E-state index in [0.29, 0.717) is 24.1 Å². The summed E-state index contributed by atoms with van der Waals surface area (Å²) in [7, 11) is 0. The number of nitrogens with two attached hydrogens (primary N) is 1. The summed E-state index contributed by atoms with van der Waals surface area (Å²) in [6.07, 6.45) is 2.90. The summed E-state index contributed by atoms with van der Waals surface area (Å²) < 4.78 is 41.0. The van der Waals surface area contributed by atoms with E-state index in [-0.39, 0.29) is 6.61 Å². The van der Waals surface area contributed by atoms with E-state index in [1.165, 1.54) is 25.7 Å². The first-order chi connectivity index (χ1) is 11.9. The van der Waals surface area contributed by atoms with Gasteiger partial charge >= 0.3 is 6.18 Å². The molecule has 7 heteroatoms. The summed E-state index contributed by atoms with van der Waals surface area (Å²) in [5.74, 6) is 0.422. The van der Waals surface area contributed by atoms with E-state index in [1.807, 2.05) is 6.07 Å². The van der Waals surface area contributed by atoms with E-state index in [2.05, 4.69) is 15.0 Å². The molecule has 1 saturated carbocycles. The van der Waals surface area contributed by atoms with Gasteiger partial charge in [-0.3, -0.25) is 0 Å². The van der Waals surface area contributed by atoms with Crippen LogP contribution in [0.3, 0.4) is 0 Å². The van der Waals surface area contributed by atoms with Crippen molar-refractivity contribution in [2.45, 2.75) is 63.9 Å². The van der Waals surface area contributed by atoms with Gasteiger partial charge in [-0.15, -0.1) is 0 Å². The highest BCUT2D eigenvalue weighted by atomic mass is 19.4. The fourth-order valence-electron chi connectivity index (χ4n) is 2.96. The largest absolute Gasteiger partial charge is 0.411 e. The first-order valence-corrected chi connectivity index (χ1v) is 8.71. The summed E-state index contributed by atoms with van der Waals surface area (Å²) in [6.45, 7) is -0.931. The molecule has 0 unspecified atom stereocenters. The number of hydrogen-bond donors (Lipinski definition) is 2. The molecule has 0 saturated heterocycles. The third kappa shape index (κ3) is 8.25. The van der Waals surface area contributed by atoms with E-state index in [4.69, 9.17) is 5.73 Å². The third-order valence-corrected chi connectivity index (χ3v) is 4.17. The number of nitrogens with zero attached hydrogens (tertiary/aromatic N) is 1. The molecule has 0 amide bonds. The molecular formula is C18H26F3N3O. The molecule has 25 heavy (non-hydrogen) atoms. The van der Waals surface area contributed by atoms with Crippen LogP contribution in [0, 0.1) is 0 Å². The van der Waals surface area contributed by atoms with Crippen LogP contribution in [0.15, 0.2) is 29.3 Å². The van der Waals surface area contributed by atoms with Gasteiger partial charge in [0.15, 0.2) is 5.96 Å². The molecule has 0 atom stereocenters. The first kappa shape index (κ1) is 19.6. The summed E-state index contributed by atoms with van der Waals surface area (Å²) in [4.78, 5) is 4.34. The zero-order valence-corrected chi connectivity index (χ0v) is 14.3. The van der Waals surface area contributed by atoms with Gasteiger partial charge in [-0.05, 0) is 24.0 Å². The van der Waals surface area contributed by atoms with Gasteiger partial charge in [0.2, 0.25) is 0 Å². The smallest absolute Gasteiger partial charge is 0.370 e. The number of halogens is 3. The quantitative estimate of drug-likeness (QED) is 0.461. The summed E-state index contributed by atoms with van der Waals surface area (Å²) in [6, 6.07) is 7.56. The van der Waals surface area contributed by atoms with Crippen molar-refractivity contribution < 1.29 is 17.9 Å². The Morgan fingerprint density at radius 3 is 2.52 bits per heavy atom. The van der Waals surface area contributed by atoms with Crippen molar-refractivity contribution in [2.24, 2.45) is 10.7 Å². The number of nitrogens with one attached hydrogen (secondary N) is 1. The Bertz CT molecular complexity index is 553. The van der Waals surface area contributed by atoms with Crippen LogP contribution in [0.25, 0.3) is 0 Å². The number of hydrogen-bond acceptors (Lipinski definition) is 2. The Kier molecular flexibility index (Phi) is 7.55. The fourth-order valence-corrected chi connectivity index (χ4v) is 2.96. The second-order valence-electron chi connectivity index (χ2n) is 6.46. The molecule has 140 valence electrons. The average Bonchev–Trinajstić information content (AvgIpc) is 2.81. The summed E-state index contributed by atoms with van der Waals surface area (Å²) >= 11 is 0. The number of rotatable bonds is 6. The number of aliphatic imine (C=N–C) groups is 1. The van der Waals surface area contributed by atoms with Crippen molar-refractivity contribution in [2.75, 3.05) is 6.61 Å². The second kappa shape index (κ2) is 9.65. The molecule has 0 spiro atoms. The Morgan fingerprint density at radius 1 is 1.16 bits per heavy atom. The third-order valence-electron chi connectivity index (χ3n) is 4.17. The van der Waals surface area contributed by atoms with E-state index in [1.54, 1.807) is 18.2 Å². The summed E-state index contributed by atoms with van der Waals surface area (Å²) in [5, 5.41) is 3.27. The second-order valence-corrected chi connectivity index (χ2v) is 6.46. The predicted octanol–water partition coefficient (Wildman–Crippen LogP) is 3.89. The predicted molar refractivity (Wildman–Crippen MR) is 92.1 cm³/mol. The van der Waals surface area contributed by atoms with Gasteiger partial charge in [-0.2, -0.15) is 13.2 Å². The number of guanidine groups is 1. The molecular weight excluding hydrogens is 331 g/mol. The lowest BCUT2D eigenvalue weighted by molar-refractivity contribution is -0.176. The monoisotopic (exact) mass is 357 g/mol. The Hall–Kier alpha value is -1.76. The van der Waals surface area contributed by atoms with E-state index < -0.39 is 12.8 Å². The first-order valence-electron chi connectivity index (χ1n) is 8.71. The van der Waals surface area contributed by atoms with Crippen LogP contribution in [-0.2, 0) is 17.9 Å². The molecule has 1 aromatic rings. The van der Waals surface area contributed by atoms with E-state index in [9.17, 15) is 13.2 Å². The molecule has 0 aliphatic heterocycles. The average molecular weight is 357 g/mol. The zero-order chi connectivity index (χ0) is 18.1. The van der Waals surface area contributed by atoms with Crippen LogP contribution in [-0.4, -0.2) is 24.8 Å². The molecule has 1 aliphatic rings. The fraction of sp³-hybridized carbons (Fsp3) is 0.611. The number of benzene rings is 1. The molecule has 2 rings (SSSR count). The van der Waals surface area contributed by atoms with E-state index >= 15 is 0 Å². The van der Waals surface area contributed by atoms with Gasteiger partial charge in [0, 0.05) is 6.04 Å². The standard InChI is InChI=1S/C18H26F3N3O/c19-18(20,21)13-25-12-15-7-5-6-14(10-15)11-23-17(22)24-16-8-3-1-2-4-9-16/h5-7,10,16H,1-4,8-9,11-13H2,(H3,22,23,24). The molecule has 1 aromatic carbocycles. The van der Waals surface area contributed by atoms with Gasteiger partial charge in [0.25, 0.3) is 0 Å². The van der Waals surface area contributed by atoms with Gasteiger partial charge in [0.05, 0.1) is 13.2 Å². The minimum absolute atomic E-state index is 0.0765. The highest BCUT2D eigenvalue weighted by molar-refractivity contribution is 5.78. The topological polar surface area (TPSA) is 59.6 Å². The van der Waals surface area contributed by atoms with Crippen molar-refractivity contribution in [3.63, 3.8) is 0 Å². The van der Waals surface area contributed by atoms with Gasteiger partial charge < -0.3 is 15.8 Å². The lowest BCUT2D eigenvalue weighted by Gasteiger charge is -2.16. The molecule has 0 aromatic heterocycles. The minimum atomic E-state index is -4.31. The van der Waals surface area contributed by atoms with Crippen LogP contribution in [0.4, 0.5) is 13.2 Å². The highest BCUT2D eigenvalue weighted by Crippen LogP contribution is 2.17. The molecule has 0 bridgehead atoms. The number of ether oxygens (including phenoxy) is 1. The number of alkyl halides is 3. The van der Waals surface area contributed by atoms with Gasteiger partial charge in [0.1, 0.15) is 6.61 Å². The van der Waals surface area contributed by atoms with Gasteiger partial charge in [-0.1, -0.05) is 49.9 Å². The maximum absolute atomic E-state index is 12.1. The van der Waals surface area contributed by atoms with Crippen LogP contribution >= 0.6 is 0 Å². The Morgan fingerprint density at radius 2 is 1.84 bits per heavy atom. The highest BCUT2D eigenvalue weighted by Gasteiger charge is 2.27. The van der Waals surface area contributed by atoms with Crippen LogP contribution in [0.1, 0.15) is 49.7 Å². The minimum Gasteiger partial charge on any atom is -0.370 e.